The van der Waals surface area contributed by atoms with Crippen molar-refractivity contribution in [3.63, 3.8) is 0 Å². The van der Waals surface area contributed by atoms with E-state index in [9.17, 15) is 28.6 Å². The molecule has 0 fully saturated rings. The topological polar surface area (TPSA) is 145 Å². The summed E-state index contributed by atoms with van der Waals surface area (Å²) in [6.07, 6.45) is 1.08. The number of aromatic nitrogens is 1. The lowest BCUT2D eigenvalue weighted by atomic mass is 10.1. The molecule has 0 amide bonds. The molecule has 0 spiro atoms. The molecule has 0 saturated heterocycles. The van der Waals surface area contributed by atoms with Crippen molar-refractivity contribution in [2.75, 3.05) is 4.72 Å². The number of nitrogens with zero attached hydrogens (tertiary/aromatic N) is 3. The molecule has 1 N–H and O–H groups in total. The molecule has 2 aromatic carbocycles. The van der Waals surface area contributed by atoms with Crippen molar-refractivity contribution in [2.45, 2.75) is 4.90 Å². The summed E-state index contributed by atoms with van der Waals surface area (Å²) >= 11 is 0. The van der Waals surface area contributed by atoms with Crippen LogP contribution >= 0.6 is 0 Å². The van der Waals surface area contributed by atoms with Crippen molar-refractivity contribution in [3.8, 4) is 11.3 Å². The van der Waals surface area contributed by atoms with E-state index in [0.717, 1.165) is 30.5 Å². The van der Waals surface area contributed by atoms with Gasteiger partial charge in [0.1, 0.15) is 6.20 Å². The van der Waals surface area contributed by atoms with Crippen molar-refractivity contribution in [3.05, 3.63) is 87.1 Å². The first-order chi connectivity index (χ1) is 13.3. The summed E-state index contributed by atoms with van der Waals surface area (Å²) < 4.78 is 27.7. The number of pyridine rings is 1. The lowest BCUT2D eigenvalue weighted by molar-refractivity contribution is -0.385. The number of para-hydroxylation sites is 1. The standard InChI is InChI=1S/C17H12N4O6S/c22-20(23)12-5-8-14(9-6-12)28(26,27)19-17-4-2-1-3-15(17)16-10-7-13(11-18-16)21(24)25/h1-11,19H. The van der Waals surface area contributed by atoms with E-state index in [1.54, 1.807) is 18.2 Å². The Morgan fingerprint density at radius 3 is 2.00 bits per heavy atom. The molecule has 0 atom stereocenters. The smallest absolute Gasteiger partial charge is 0.279 e. The number of anilines is 1. The molecular formula is C17H12N4O6S. The van der Waals surface area contributed by atoms with Crippen molar-refractivity contribution >= 4 is 27.1 Å². The van der Waals surface area contributed by atoms with Crippen LogP contribution in [0.4, 0.5) is 17.1 Å². The first-order valence-corrected chi connectivity index (χ1v) is 9.23. The van der Waals surface area contributed by atoms with E-state index >= 15 is 0 Å². The van der Waals surface area contributed by atoms with Crippen LogP contribution in [0.3, 0.4) is 0 Å². The van der Waals surface area contributed by atoms with Crippen molar-refractivity contribution < 1.29 is 18.3 Å². The lowest BCUT2D eigenvalue weighted by Crippen LogP contribution is -2.13. The molecule has 10 nitrogen and oxygen atoms in total. The van der Waals surface area contributed by atoms with Crippen LogP contribution < -0.4 is 4.72 Å². The fourth-order valence-electron chi connectivity index (χ4n) is 2.40. The minimum atomic E-state index is -4.02. The molecule has 0 aliphatic heterocycles. The van der Waals surface area contributed by atoms with Crippen LogP contribution in [0.2, 0.25) is 0 Å². The molecular weight excluding hydrogens is 388 g/mol. The molecule has 0 radical (unpaired) electrons. The monoisotopic (exact) mass is 400 g/mol. The number of nitro benzene ring substituents is 1. The molecule has 11 heteroatoms. The highest BCUT2D eigenvalue weighted by Gasteiger charge is 2.18. The van der Waals surface area contributed by atoms with Crippen LogP contribution in [0.5, 0.6) is 0 Å². The maximum absolute atomic E-state index is 12.6. The minimum Gasteiger partial charge on any atom is -0.279 e. The summed E-state index contributed by atoms with van der Waals surface area (Å²) in [7, 11) is -4.02. The van der Waals surface area contributed by atoms with Crippen LogP contribution in [0.25, 0.3) is 11.3 Å². The summed E-state index contributed by atoms with van der Waals surface area (Å²) in [5, 5.41) is 21.5. The van der Waals surface area contributed by atoms with Gasteiger partial charge in [0.15, 0.2) is 0 Å². The molecule has 0 bridgehead atoms. The third-order valence-corrected chi connectivity index (χ3v) is 5.15. The fourth-order valence-corrected chi connectivity index (χ4v) is 3.48. The van der Waals surface area contributed by atoms with Crippen molar-refractivity contribution in [1.82, 2.24) is 4.98 Å². The van der Waals surface area contributed by atoms with Crippen molar-refractivity contribution in [2.24, 2.45) is 0 Å². The number of hydrogen-bond donors (Lipinski definition) is 1. The molecule has 3 rings (SSSR count). The number of benzene rings is 2. The van der Waals surface area contributed by atoms with Crippen LogP contribution in [-0.4, -0.2) is 23.2 Å². The van der Waals surface area contributed by atoms with Gasteiger partial charge < -0.3 is 0 Å². The highest BCUT2D eigenvalue weighted by Crippen LogP contribution is 2.29. The van der Waals surface area contributed by atoms with E-state index in [4.69, 9.17) is 0 Å². The van der Waals surface area contributed by atoms with Gasteiger partial charge in [0.25, 0.3) is 21.4 Å². The maximum atomic E-state index is 12.6. The van der Waals surface area contributed by atoms with Crippen LogP contribution in [0.1, 0.15) is 0 Å². The molecule has 0 aliphatic carbocycles. The van der Waals surface area contributed by atoms with Crippen molar-refractivity contribution in [1.29, 1.82) is 0 Å². The third-order valence-electron chi connectivity index (χ3n) is 3.76. The Hall–Kier alpha value is -3.86. The predicted molar refractivity (Wildman–Crippen MR) is 100 cm³/mol. The lowest BCUT2D eigenvalue weighted by Gasteiger charge is -2.12. The molecule has 1 heterocycles. The summed E-state index contributed by atoms with van der Waals surface area (Å²) in [4.78, 5) is 24.1. The second-order valence-corrected chi connectivity index (χ2v) is 7.24. The SMILES string of the molecule is O=[N+]([O-])c1ccc(S(=O)(=O)Nc2ccccc2-c2ccc([N+](=O)[O-])cn2)cc1. The van der Waals surface area contributed by atoms with Gasteiger partial charge in [-0.15, -0.1) is 0 Å². The van der Waals surface area contributed by atoms with Gasteiger partial charge in [0.2, 0.25) is 0 Å². The van der Waals surface area contributed by atoms with Gasteiger partial charge in [-0.3, -0.25) is 25.0 Å². The zero-order chi connectivity index (χ0) is 20.3. The summed E-state index contributed by atoms with van der Waals surface area (Å²) in [6, 6.07) is 13.5. The Balaban J connectivity index is 1.94. The van der Waals surface area contributed by atoms with Gasteiger partial charge in [-0.25, -0.2) is 13.4 Å². The van der Waals surface area contributed by atoms with Gasteiger partial charge >= 0.3 is 0 Å². The second kappa shape index (κ2) is 7.40. The average molecular weight is 400 g/mol. The number of rotatable bonds is 6. The number of nitrogens with one attached hydrogen (secondary N) is 1. The number of sulfonamides is 1. The van der Waals surface area contributed by atoms with E-state index < -0.39 is 19.9 Å². The first-order valence-electron chi connectivity index (χ1n) is 7.75. The number of nitro groups is 2. The quantitative estimate of drug-likeness (QED) is 0.493. The number of non-ortho nitro benzene ring substituents is 1. The Labute approximate surface area is 158 Å². The van der Waals surface area contributed by atoms with Gasteiger partial charge in [0.05, 0.1) is 26.1 Å². The normalized spacial score (nSPS) is 11.0. The number of hydrogen-bond acceptors (Lipinski definition) is 7. The molecule has 0 saturated carbocycles. The van der Waals surface area contributed by atoms with E-state index in [1.165, 1.54) is 18.2 Å². The molecule has 3 aromatic rings. The molecule has 1 aromatic heterocycles. The highest BCUT2D eigenvalue weighted by atomic mass is 32.2. The van der Waals surface area contributed by atoms with E-state index in [1.807, 2.05) is 0 Å². The summed E-state index contributed by atoms with van der Waals surface area (Å²) in [5.41, 5.74) is 0.555. The molecule has 142 valence electrons. The highest BCUT2D eigenvalue weighted by molar-refractivity contribution is 7.92. The second-order valence-electron chi connectivity index (χ2n) is 5.56. The van der Waals surface area contributed by atoms with Crippen LogP contribution in [-0.2, 0) is 10.0 Å². The Kier molecular flexibility index (Phi) is 5.00. The molecule has 0 unspecified atom stereocenters. The first kappa shape index (κ1) is 18.9. The maximum Gasteiger partial charge on any atom is 0.287 e. The van der Waals surface area contributed by atoms with Gasteiger partial charge in [0, 0.05) is 23.8 Å². The van der Waals surface area contributed by atoms with E-state index in [-0.39, 0.29) is 22.0 Å². The Morgan fingerprint density at radius 1 is 0.821 bits per heavy atom. The summed E-state index contributed by atoms with van der Waals surface area (Å²) in [6.45, 7) is 0. The Bertz CT molecular complexity index is 1150. The van der Waals surface area contributed by atoms with E-state index in [0.29, 0.717) is 11.3 Å². The zero-order valence-electron chi connectivity index (χ0n) is 14.1. The summed E-state index contributed by atoms with van der Waals surface area (Å²) in [5.74, 6) is 0. The van der Waals surface area contributed by atoms with Crippen LogP contribution in [0, 0.1) is 20.2 Å². The van der Waals surface area contributed by atoms with Gasteiger partial charge in [-0.2, -0.15) is 0 Å². The minimum absolute atomic E-state index is 0.149. The molecule has 0 aliphatic rings. The zero-order valence-corrected chi connectivity index (χ0v) is 14.9. The fraction of sp³-hybridized carbons (Fsp3) is 0. The largest absolute Gasteiger partial charge is 0.287 e. The van der Waals surface area contributed by atoms with Gasteiger partial charge in [-0.05, 0) is 24.3 Å². The predicted octanol–water partition coefficient (Wildman–Crippen LogP) is 3.37. The average Bonchev–Trinajstić information content (AvgIpc) is 2.68. The van der Waals surface area contributed by atoms with Gasteiger partial charge in [-0.1, -0.05) is 18.2 Å². The Morgan fingerprint density at radius 2 is 1.43 bits per heavy atom. The third kappa shape index (κ3) is 3.94. The van der Waals surface area contributed by atoms with E-state index in [2.05, 4.69) is 9.71 Å². The van der Waals surface area contributed by atoms with Crippen LogP contribution in [0.15, 0.2) is 71.8 Å². The molecule has 28 heavy (non-hydrogen) atoms.